The zero-order chi connectivity index (χ0) is 16.2. The Balaban J connectivity index is 1.46. The van der Waals surface area contributed by atoms with Gasteiger partial charge in [0, 0.05) is 31.6 Å². The molecular weight excluding hydrogens is 288 g/mol. The Kier molecular flexibility index (Phi) is 5.21. The molecule has 0 aromatic heterocycles. The second kappa shape index (κ2) is 7.35. The van der Waals surface area contributed by atoms with Crippen LogP contribution in [-0.2, 0) is 11.3 Å². The van der Waals surface area contributed by atoms with Crippen LogP contribution in [0, 0.1) is 11.8 Å². The van der Waals surface area contributed by atoms with Crippen LogP contribution in [0.4, 0.5) is 0 Å². The Morgan fingerprint density at radius 3 is 2.61 bits per heavy atom. The summed E-state index contributed by atoms with van der Waals surface area (Å²) in [7, 11) is 0. The van der Waals surface area contributed by atoms with Crippen molar-refractivity contribution in [3.63, 3.8) is 0 Å². The SMILES string of the molecule is CCOc1ccc(CNC2CCN(C(=O)C3CC3)CC2C)cc1. The fraction of sp³-hybridized carbons (Fsp3) is 0.632. The molecule has 1 N–H and O–H groups in total. The van der Waals surface area contributed by atoms with Crippen LogP contribution in [0.5, 0.6) is 5.75 Å². The van der Waals surface area contributed by atoms with Gasteiger partial charge in [0.2, 0.25) is 5.91 Å². The van der Waals surface area contributed by atoms with E-state index in [9.17, 15) is 4.79 Å². The highest BCUT2D eigenvalue weighted by Crippen LogP contribution is 2.32. The minimum Gasteiger partial charge on any atom is -0.494 e. The third kappa shape index (κ3) is 4.25. The Morgan fingerprint density at radius 1 is 1.26 bits per heavy atom. The molecule has 3 rings (SSSR count). The summed E-state index contributed by atoms with van der Waals surface area (Å²) in [5.41, 5.74) is 1.28. The van der Waals surface area contributed by atoms with Gasteiger partial charge in [-0.2, -0.15) is 0 Å². The average molecular weight is 316 g/mol. The molecule has 1 heterocycles. The highest BCUT2D eigenvalue weighted by Gasteiger charge is 2.36. The second-order valence-corrected chi connectivity index (χ2v) is 6.89. The molecule has 0 radical (unpaired) electrons. The molecule has 1 saturated carbocycles. The van der Waals surface area contributed by atoms with E-state index in [0.717, 1.165) is 44.6 Å². The number of nitrogens with one attached hydrogen (secondary N) is 1. The first kappa shape index (κ1) is 16.3. The molecule has 2 aliphatic rings. The van der Waals surface area contributed by atoms with Gasteiger partial charge in [0.15, 0.2) is 0 Å². The topological polar surface area (TPSA) is 41.6 Å². The van der Waals surface area contributed by atoms with E-state index in [-0.39, 0.29) is 0 Å². The van der Waals surface area contributed by atoms with Crippen LogP contribution in [0.2, 0.25) is 0 Å². The van der Waals surface area contributed by atoms with Gasteiger partial charge in [-0.3, -0.25) is 4.79 Å². The fourth-order valence-corrected chi connectivity index (χ4v) is 3.36. The van der Waals surface area contributed by atoms with Gasteiger partial charge < -0.3 is 15.0 Å². The van der Waals surface area contributed by atoms with Gasteiger partial charge in [0.1, 0.15) is 5.75 Å². The van der Waals surface area contributed by atoms with Crippen LogP contribution >= 0.6 is 0 Å². The average Bonchev–Trinajstić information content (AvgIpc) is 3.39. The number of carbonyl (C=O) groups is 1. The van der Waals surface area contributed by atoms with E-state index in [0.29, 0.717) is 30.4 Å². The molecule has 1 aliphatic carbocycles. The zero-order valence-corrected chi connectivity index (χ0v) is 14.3. The smallest absolute Gasteiger partial charge is 0.225 e. The molecule has 2 atom stereocenters. The summed E-state index contributed by atoms with van der Waals surface area (Å²) in [5, 5.41) is 3.66. The Bertz CT molecular complexity index is 525. The lowest BCUT2D eigenvalue weighted by atomic mass is 9.93. The predicted octanol–water partition coefficient (Wildman–Crippen LogP) is 2.82. The van der Waals surface area contributed by atoms with Crippen LogP contribution < -0.4 is 10.1 Å². The normalized spacial score (nSPS) is 24.5. The van der Waals surface area contributed by atoms with E-state index in [4.69, 9.17) is 4.74 Å². The van der Waals surface area contributed by atoms with Gasteiger partial charge in [0.25, 0.3) is 0 Å². The molecule has 1 saturated heterocycles. The van der Waals surface area contributed by atoms with E-state index >= 15 is 0 Å². The van der Waals surface area contributed by atoms with Crippen LogP contribution in [0.25, 0.3) is 0 Å². The summed E-state index contributed by atoms with van der Waals surface area (Å²) in [4.78, 5) is 14.3. The molecule has 2 unspecified atom stereocenters. The number of piperidine rings is 1. The van der Waals surface area contributed by atoms with Crippen molar-refractivity contribution in [1.82, 2.24) is 10.2 Å². The lowest BCUT2D eigenvalue weighted by Gasteiger charge is -2.37. The van der Waals surface area contributed by atoms with Crippen molar-refractivity contribution in [2.45, 2.75) is 45.7 Å². The molecular formula is C19H28N2O2. The maximum Gasteiger partial charge on any atom is 0.225 e. The highest BCUT2D eigenvalue weighted by atomic mass is 16.5. The maximum atomic E-state index is 12.2. The number of rotatable bonds is 6. The summed E-state index contributed by atoms with van der Waals surface area (Å²) >= 11 is 0. The van der Waals surface area contributed by atoms with E-state index < -0.39 is 0 Å². The van der Waals surface area contributed by atoms with Gasteiger partial charge in [0.05, 0.1) is 6.61 Å². The van der Waals surface area contributed by atoms with Crippen molar-refractivity contribution in [3.05, 3.63) is 29.8 Å². The summed E-state index contributed by atoms with van der Waals surface area (Å²) in [6.45, 7) is 7.63. The van der Waals surface area contributed by atoms with Crippen molar-refractivity contribution >= 4 is 5.91 Å². The van der Waals surface area contributed by atoms with Crippen LogP contribution in [0.15, 0.2) is 24.3 Å². The Morgan fingerprint density at radius 2 is 2.00 bits per heavy atom. The highest BCUT2D eigenvalue weighted by molar-refractivity contribution is 5.81. The molecule has 4 nitrogen and oxygen atoms in total. The Labute approximate surface area is 139 Å². The molecule has 23 heavy (non-hydrogen) atoms. The van der Waals surface area contributed by atoms with Crippen LogP contribution in [-0.4, -0.2) is 36.5 Å². The third-order valence-corrected chi connectivity index (χ3v) is 4.95. The number of benzene rings is 1. The monoisotopic (exact) mass is 316 g/mol. The summed E-state index contributed by atoms with van der Waals surface area (Å²) in [5.74, 6) is 2.17. The molecule has 1 aromatic carbocycles. The molecule has 1 aliphatic heterocycles. The van der Waals surface area contributed by atoms with Crippen molar-refractivity contribution in [2.75, 3.05) is 19.7 Å². The molecule has 0 bridgehead atoms. The quantitative estimate of drug-likeness (QED) is 0.877. The van der Waals surface area contributed by atoms with Crippen molar-refractivity contribution in [3.8, 4) is 5.75 Å². The van der Waals surface area contributed by atoms with E-state index in [1.165, 1.54) is 5.56 Å². The maximum absolute atomic E-state index is 12.2. The molecule has 0 spiro atoms. The van der Waals surface area contributed by atoms with E-state index in [2.05, 4.69) is 29.3 Å². The number of likely N-dealkylation sites (tertiary alicyclic amines) is 1. The lowest BCUT2D eigenvalue weighted by Crippen LogP contribution is -2.50. The fourth-order valence-electron chi connectivity index (χ4n) is 3.36. The molecule has 126 valence electrons. The molecule has 2 fully saturated rings. The predicted molar refractivity (Wildman–Crippen MR) is 91.3 cm³/mol. The minimum absolute atomic E-state index is 0.343. The molecule has 1 aromatic rings. The van der Waals surface area contributed by atoms with Gasteiger partial charge in [-0.15, -0.1) is 0 Å². The number of carbonyl (C=O) groups excluding carboxylic acids is 1. The number of amides is 1. The first-order valence-electron chi connectivity index (χ1n) is 8.91. The molecule has 1 amide bonds. The second-order valence-electron chi connectivity index (χ2n) is 6.89. The third-order valence-electron chi connectivity index (χ3n) is 4.95. The standard InChI is InChI=1S/C19H28N2O2/c1-3-23-17-8-4-15(5-9-17)12-20-18-10-11-21(13-14(18)2)19(22)16-6-7-16/h4-5,8-9,14,16,18,20H,3,6-7,10-13H2,1-2H3. The van der Waals surface area contributed by atoms with Gasteiger partial charge in [-0.1, -0.05) is 19.1 Å². The minimum atomic E-state index is 0.343. The number of hydrogen-bond acceptors (Lipinski definition) is 3. The number of ether oxygens (including phenoxy) is 1. The van der Waals surface area contributed by atoms with Crippen molar-refractivity contribution < 1.29 is 9.53 Å². The molecule has 4 heteroatoms. The lowest BCUT2D eigenvalue weighted by molar-refractivity contribution is -0.134. The van der Waals surface area contributed by atoms with Crippen LogP contribution in [0.3, 0.4) is 0 Å². The van der Waals surface area contributed by atoms with E-state index in [1.54, 1.807) is 0 Å². The first-order valence-corrected chi connectivity index (χ1v) is 8.91. The van der Waals surface area contributed by atoms with Crippen molar-refractivity contribution in [2.24, 2.45) is 11.8 Å². The largest absolute Gasteiger partial charge is 0.494 e. The van der Waals surface area contributed by atoms with Gasteiger partial charge in [-0.05, 0) is 49.8 Å². The first-order chi connectivity index (χ1) is 11.2. The van der Waals surface area contributed by atoms with Gasteiger partial charge >= 0.3 is 0 Å². The Hall–Kier alpha value is -1.55. The van der Waals surface area contributed by atoms with Gasteiger partial charge in [-0.25, -0.2) is 0 Å². The van der Waals surface area contributed by atoms with Crippen LogP contribution in [0.1, 0.15) is 38.7 Å². The number of hydrogen-bond donors (Lipinski definition) is 1. The van der Waals surface area contributed by atoms with E-state index in [1.807, 2.05) is 19.1 Å². The summed E-state index contributed by atoms with van der Waals surface area (Å²) in [6.07, 6.45) is 3.25. The summed E-state index contributed by atoms with van der Waals surface area (Å²) in [6, 6.07) is 8.79. The van der Waals surface area contributed by atoms with Crippen molar-refractivity contribution in [1.29, 1.82) is 0 Å². The summed E-state index contributed by atoms with van der Waals surface area (Å²) < 4.78 is 5.47. The zero-order valence-electron chi connectivity index (χ0n) is 14.3. The number of nitrogens with zero attached hydrogens (tertiary/aromatic N) is 1.